The molecule has 0 spiro atoms. The van der Waals surface area contributed by atoms with Gasteiger partial charge in [-0.15, -0.1) is 0 Å². The fraction of sp³-hybridized carbons (Fsp3) is 0.188. The van der Waals surface area contributed by atoms with Gasteiger partial charge in [-0.3, -0.25) is 0 Å². The monoisotopic (exact) mass is 570 g/mol. The number of rotatable bonds is 9. The van der Waals surface area contributed by atoms with E-state index in [-0.39, 0.29) is 0 Å². The molecule has 0 radical (unpaired) electrons. The first-order valence-corrected chi connectivity index (χ1v) is 14.0. The summed E-state index contributed by atoms with van der Waals surface area (Å²) >= 11 is 11.1. The number of aryl methyl sites for hydroxylation is 2. The average molecular weight is 571 g/mol. The van der Waals surface area contributed by atoms with Crippen molar-refractivity contribution >= 4 is 57.4 Å². The third-order valence-corrected chi connectivity index (χ3v) is 6.54. The van der Waals surface area contributed by atoms with E-state index in [2.05, 4.69) is 59.4 Å². The molecule has 6 nitrogen and oxygen atoms in total. The molecule has 0 heterocycles. The standard InChI is InChI=1S/C32H34N4O2S2/c1-5-37-27-13-9-25(10-14-27)33-31(39)35-29-17-7-23(19-21(29)3)24-8-18-30(22(4)20-24)36-32(40)34-26-11-15-28(16-12-26)38-6-2/h7-20H,5-6H2,1-4H3,(H2,33,35,39)(H2,34,36,40). The largest absolute Gasteiger partial charge is 0.494 e. The Kier molecular flexibility index (Phi) is 9.94. The molecule has 0 aliphatic heterocycles. The topological polar surface area (TPSA) is 66.6 Å². The molecule has 4 aromatic rings. The van der Waals surface area contributed by atoms with Crippen molar-refractivity contribution in [2.45, 2.75) is 27.7 Å². The fourth-order valence-electron chi connectivity index (χ4n) is 4.14. The van der Waals surface area contributed by atoms with Gasteiger partial charge in [0.15, 0.2) is 10.2 Å². The lowest BCUT2D eigenvalue weighted by molar-refractivity contribution is 0.340. The van der Waals surface area contributed by atoms with Gasteiger partial charge in [0.25, 0.3) is 0 Å². The van der Waals surface area contributed by atoms with E-state index in [0.717, 1.165) is 56.5 Å². The van der Waals surface area contributed by atoms with Crippen molar-refractivity contribution < 1.29 is 9.47 Å². The summed E-state index contributed by atoms with van der Waals surface area (Å²) in [5.74, 6) is 1.67. The van der Waals surface area contributed by atoms with E-state index in [1.54, 1.807) is 0 Å². The SMILES string of the molecule is CCOc1ccc(NC(=S)Nc2ccc(-c3ccc(NC(=S)Nc4ccc(OCC)cc4)c(C)c3)cc2C)cc1. The van der Waals surface area contributed by atoms with Crippen LogP contribution < -0.4 is 30.7 Å². The van der Waals surface area contributed by atoms with Crippen LogP contribution in [-0.2, 0) is 0 Å². The predicted octanol–water partition coefficient (Wildman–Crippen LogP) is 8.39. The van der Waals surface area contributed by atoms with Crippen molar-refractivity contribution in [2.75, 3.05) is 34.5 Å². The minimum absolute atomic E-state index is 0.529. The average Bonchev–Trinajstić information content (AvgIpc) is 2.93. The van der Waals surface area contributed by atoms with Crippen LogP contribution in [-0.4, -0.2) is 23.4 Å². The highest BCUT2D eigenvalue weighted by Gasteiger charge is 2.08. The van der Waals surface area contributed by atoms with Crippen LogP contribution in [0, 0.1) is 13.8 Å². The van der Waals surface area contributed by atoms with Crippen molar-refractivity contribution in [2.24, 2.45) is 0 Å². The number of nitrogens with one attached hydrogen (secondary N) is 4. The van der Waals surface area contributed by atoms with E-state index < -0.39 is 0 Å². The van der Waals surface area contributed by atoms with Gasteiger partial charge in [0.1, 0.15) is 11.5 Å². The molecule has 0 unspecified atom stereocenters. The third kappa shape index (κ3) is 7.94. The minimum Gasteiger partial charge on any atom is -0.494 e. The maximum absolute atomic E-state index is 5.53. The summed E-state index contributed by atoms with van der Waals surface area (Å²) in [5.41, 5.74) is 8.13. The molecule has 4 N–H and O–H groups in total. The Morgan fingerprint density at radius 3 is 1.25 bits per heavy atom. The molecule has 0 aromatic heterocycles. The zero-order chi connectivity index (χ0) is 28.5. The second-order valence-electron chi connectivity index (χ2n) is 9.13. The smallest absolute Gasteiger partial charge is 0.175 e. The Morgan fingerprint density at radius 2 is 0.925 bits per heavy atom. The molecule has 206 valence electrons. The highest BCUT2D eigenvalue weighted by molar-refractivity contribution is 7.81. The van der Waals surface area contributed by atoms with E-state index in [0.29, 0.717) is 23.4 Å². The quantitative estimate of drug-likeness (QED) is 0.150. The molecule has 8 heteroatoms. The number of hydrogen-bond donors (Lipinski definition) is 4. The third-order valence-electron chi connectivity index (χ3n) is 6.13. The molecule has 0 amide bonds. The van der Waals surface area contributed by atoms with Crippen LogP contribution in [0.4, 0.5) is 22.7 Å². The van der Waals surface area contributed by atoms with E-state index in [1.807, 2.05) is 74.5 Å². The van der Waals surface area contributed by atoms with Crippen molar-refractivity contribution in [1.29, 1.82) is 0 Å². The molecule has 4 aromatic carbocycles. The normalized spacial score (nSPS) is 10.4. The summed E-state index contributed by atoms with van der Waals surface area (Å²) in [7, 11) is 0. The Morgan fingerprint density at radius 1 is 0.550 bits per heavy atom. The first kappa shape index (κ1) is 28.9. The zero-order valence-corrected chi connectivity index (χ0v) is 24.8. The van der Waals surface area contributed by atoms with Crippen LogP contribution in [0.2, 0.25) is 0 Å². The molecule has 0 fully saturated rings. The van der Waals surface area contributed by atoms with E-state index in [9.17, 15) is 0 Å². The number of benzene rings is 4. The fourth-order valence-corrected chi connectivity index (χ4v) is 4.59. The van der Waals surface area contributed by atoms with Gasteiger partial charge in [0, 0.05) is 22.7 Å². The minimum atomic E-state index is 0.529. The van der Waals surface area contributed by atoms with Crippen LogP contribution >= 0.6 is 24.4 Å². The lowest BCUT2D eigenvalue weighted by Gasteiger charge is -2.16. The van der Waals surface area contributed by atoms with Crippen LogP contribution in [0.1, 0.15) is 25.0 Å². The number of ether oxygens (including phenoxy) is 2. The van der Waals surface area contributed by atoms with Crippen LogP contribution in [0.3, 0.4) is 0 Å². The summed E-state index contributed by atoms with van der Waals surface area (Å²) in [6.07, 6.45) is 0. The van der Waals surface area contributed by atoms with Crippen molar-refractivity contribution in [1.82, 2.24) is 0 Å². The summed E-state index contributed by atoms with van der Waals surface area (Å²) in [6.45, 7) is 9.34. The van der Waals surface area contributed by atoms with Crippen LogP contribution in [0.25, 0.3) is 11.1 Å². The Balaban J connectivity index is 1.36. The van der Waals surface area contributed by atoms with E-state index in [1.165, 1.54) is 0 Å². The molecule has 0 bridgehead atoms. The number of hydrogen-bond acceptors (Lipinski definition) is 4. The van der Waals surface area contributed by atoms with Gasteiger partial charge in [-0.05, 0) is 147 Å². The van der Waals surface area contributed by atoms with E-state index >= 15 is 0 Å². The molecular weight excluding hydrogens is 537 g/mol. The Bertz CT molecular complexity index is 1360. The van der Waals surface area contributed by atoms with Crippen LogP contribution in [0.5, 0.6) is 11.5 Å². The van der Waals surface area contributed by atoms with Crippen LogP contribution in [0.15, 0.2) is 84.9 Å². The van der Waals surface area contributed by atoms with Gasteiger partial charge in [0.2, 0.25) is 0 Å². The van der Waals surface area contributed by atoms with Gasteiger partial charge < -0.3 is 30.7 Å². The van der Waals surface area contributed by atoms with Crippen molar-refractivity contribution in [3.8, 4) is 22.6 Å². The maximum atomic E-state index is 5.53. The molecule has 40 heavy (non-hydrogen) atoms. The van der Waals surface area contributed by atoms with Gasteiger partial charge in [0.05, 0.1) is 13.2 Å². The first-order chi connectivity index (χ1) is 19.3. The van der Waals surface area contributed by atoms with Gasteiger partial charge in [-0.2, -0.15) is 0 Å². The lowest BCUT2D eigenvalue weighted by Crippen LogP contribution is -2.19. The Hall–Kier alpha value is -4.14. The van der Waals surface area contributed by atoms with Crippen molar-refractivity contribution in [3.63, 3.8) is 0 Å². The summed E-state index contributed by atoms with van der Waals surface area (Å²) in [6, 6.07) is 28.0. The first-order valence-electron chi connectivity index (χ1n) is 13.2. The molecular formula is C32H34N4O2S2. The lowest BCUT2D eigenvalue weighted by atomic mass is 10.00. The molecule has 0 saturated carbocycles. The number of thiocarbonyl (C=S) groups is 2. The summed E-state index contributed by atoms with van der Waals surface area (Å²) < 4.78 is 11.0. The molecule has 0 aliphatic rings. The molecule has 0 atom stereocenters. The maximum Gasteiger partial charge on any atom is 0.175 e. The second-order valence-corrected chi connectivity index (χ2v) is 9.95. The zero-order valence-electron chi connectivity index (χ0n) is 23.1. The molecule has 4 rings (SSSR count). The Labute approximate surface area is 247 Å². The molecule has 0 saturated heterocycles. The van der Waals surface area contributed by atoms with Crippen molar-refractivity contribution in [3.05, 3.63) is 96.1 Å². The second kappa shape index (κ2) is 13.8. The highest BCUT2D eigenvalue weighted by Crippen LogP contribution is 2.28. The van der Waals surface area contributed by atoms with Gasteiger partial charge in [-0.1, -0.05) is 12.1 Å². The number of anilines is 4. The molecule has 0 aliphatic carbocycles. The van der Waals surface area contributed by atoms with Gasteiger partial charge >= 0.3 is 0 Å². The van der Waals surface area contributed by atoms with Gasteiger partial charge in [-0.25, -0.2) is 0 Å². The predicted molar refractivity (Wildman–Crippen MR) is 176 cm³/mol. The highest BCUT2D eigenvalue weighted by atomic mass is 32.1. The summed E-state index contributed by atoms with van der Waals surface area (Å²) in [4.78, 5) is 0. The van der Waals surface area contributed by atoms with E-state index in [4.69, 9.17) is 33.9 Å². The summed E-state index contributed by atoms with van der Waals surface area (Å²) in [5, 5.41) is 14.1.